The fraction of sp³-hybridized carbons (Fsp3) is 0.794. The van der Waals surface area contributed by atoms with Crippen LogP contribution in [-0.2, 0) is 23.9 Å². The normalized spacial score (nSPS) is 32.0. The van der Waals surface area contributed by atoms with Crippen LogP contribution in [0.2, 0.25) is 0 Å². The number of esters is 1. The van der Waals surface area contributed by atoms with E-state index in [4.69, 9.17) is 9.47 Å². The molecular weight excluding hydrogens is 532 g/mol. The van der Waals surface area contributed by atoms with Crippen LogP contribution in [0.3, 0.4) is 0 Å². The molecule has 0 aliphatic carbocycles. The predicted octanol–water partition coefficient (Wildman–Crippen LogP) is 5.14. The van der Waals surface area contributed by atoms with E-state index in [0.29, 0.717) is 25.8 Å². The number of hydrogen-bond donors (Lipinski definition) is 1. The predicted molar refractivity (Wildman–Crippen MR) is 164 cm³/mol. The standard InChI is InChI=1S/C34H56N2O6/c1-12-15-16-18-41-30(40)26-25-28(38)36(24(20-37)22(4)14-3)27(34(25)19-23(5)33(26,11)42-34)29(39)35(17-13-2)32(9,10)21-31(6,7)8/h12-13,22-27,37H,1-2,14-21H2,3-11H3/t22-,23?,24-,25-,26-,27?,33+,34?/m0/s1. The number of likely N-dealkylation sites (tertiary alicyclic amines) is 1. The minimum absolute atomic E-state index is 0.0652. The Labute approximate surface area is 253 Å². The first kappa shape index (κ1) is 34.3. The van der Waals surface area contributed by atoms with Gasteiger partial charge in [0, 0.05) is 12.1 Å². The van der Waals surface area contributed by atoms with Crippen LogP contribution in [0.5, 0.6) is 0 Å². The molecular formula is C34H56N2O6. The molecule has 0 saturated carbocycles. The Morgan fingerprint density at radius 3 is 2.40 bits per heavy atom. The van der Waals surface area contributed by atoms with Crippen LogP contribution in [-0.4, -0.2) is 81.3 Å². The van der Waals surface area contributed by atoms with Gasteiger partial charge in [0.25, 0.3) is 0 Å². The van der Waals surface area contributed by atoms with E-state index in [1.54, 1.807) is 17.1 Å². The number of carbonyl (C=O) groups excluding carboxylic acids is 3. The molecule has 2 bridgehead atoms. The molecule has 238 valence electrons. The van der Waals surface area contributed by atoms with Crippen LogP contribution in [0.15, 0.2) is 25.3 Å². The molecule has 3 aliphatic rings. The molecule has 8 heteroatoms. The van der Waals surface area contributed by atoms with Crippen molar-refractivity contribution in [2.24, 2.45) is 29.1 Å². The fourth-order valence-corrected chi connectivity index (χ4v) is 8.28. The summed E-state index contributed by atoms with van der Waals surface area (Å²) in [5, 5.41) is 10.7. The topological polar surface area (TPSA) is 96.4 Å². The van der Waals surface area contributed by atoms with Gasteiger partial charge in [0.15, 0.2) is 0 Å². The van der Waals surface area contributed by atoms with E-state index in [2.05, 4.69) is 47.8 Å². The third-order valence-electron chi connectivity index (χ3n) is 10.2. The summed E-state index contributed by atoms with van der Waals surface area (Å²) in [7, 11) is 0. The molecule has 8 atom stereocenters. The second-order valence-electron chi connectivity index (χ2n) is 15.0. The number of allylic oxidation sites excluding steroid dienone is 1. The molecule has 3 aliphatic heterocycles. The van der Waals surface area contributed by atoms with Crippen molar-refractivity contribution < 1.29 is 29.0 Å². The van der Waals surface area contributed by atoms with Crippen molar-refractivity contribution in [2.45, 2.75) is 123 Å². The molecule has 3 unspecified atom stereocenters. The summed E-state index contributed by atoms with van der Waals surface area (Å²) in [4.78, 5) is 46.8. The van der Waals surface area contributed by atoms with Crippen LogP contribution in [0.4, 0.5) is 0 Å². The Hall–Kier alpha value is -2.19. The number of rotatable bonds is 14. The van der Waals surface area contributed by atoms with E-state index >= 15 is 4.79 Å². The number of aliphatic hydroxyl groups is 1. The third kappa shape index (κ3) is 5.82. The molecule has 42 heavy (non-hydrogen) atoms. The summed E-state index contributed by atoms with van der Waals surface area (Å²) < 4.78 is 12.6. The highest BCUT2D eigenvalue weighted by Gasteiger charge is 2.81. The van der Waals surface area contributed by atoms with Crippen molar-refractivity contribution in [1.82, 2.24) is 9.80 Å². The van der Waals surface area contributed by atoms with Gasteiger partial charge in [0.1, 0.15) is 17.6 Å². The average molecular weight is 589 g/mol. The lowest BCUT2D eigenvalue weighted by Gasteiger charge is -2.47. The summed E-state index contributed by atoms with van der Waals surface area (Å²) in [5.74, 6) is -2.86. The Morgan fingerprint density at radius 1 is 1.24 bits per heavy atom. The van der Waals surface area contributed by atoms with Gasteiger partial charge in [-0.15, -0.1) is 13.2 Å². The summed E-state index contributed by atoms with van der Waals surface area (Å²) in [6, 6.07) is -1.58. The molecule has 1 spiro atoms. The monoisotopic (exact) mass is 588 g/mol. The van der Waals surface area contributed by atoms with Crippen LogP contribution >= 0.6 is 0 Å². The summed E-state index contributed by atoms with van der Waals surface area (Å²) >= 11 is 0. The number of carbonyl (C=O) groups is 3. The Morgan fingerprint density at radius 2 is 1.88 bits per heavy atom. The highest BCUT2D eigenvalue weighted by Crippen LogP contribution is 2.66. The first-order chi connectivity index (χ1) is 19.5. The van der Waals surface area contributed by atoms with Gasteiger partial charge in [-0.1, -0.05) is 60.1 Å². The maximum atomic E-state index is 15.0. The lowest BCUT2D eigenvalue weighted by Crippen LogP contribution is -2.63. The van der Waals surface area contributed by atoms with E-state index < -0.39 is 46.6 Å². The van der Waals surface area contributed by atoms with E-state index in [0.717, 1.165) is 12.8 Å². The minimum atomic E-state index is -1.20. The molecule has 3 rings (SSSR count). The number of amides is 2. The van der Waals surface area contributed by atoms with E-state index in [9.17, 15) is 14.7 Å². The molecule has 3 saturated heterocycles. The van der Waals surface area contributed by atoms with Gasteiger partial charge >= 0.3 is 5.97 Å². The van der Waals surface area contributed by atoms with E-state index in [1.807, 2.05) is 32.6 Å². The number of hydrogen-bond acceptors (Lipinski definition) is 6. The number of unbranched alkanes of at least 4 members (excludes halogenated alkanes) is 1. The molecule has 3 heterocycles. The SMILES string of the molecule is C=CCCCOC(=O)[C@@H]1[C@H]2C(=O)N([C@@H](CO)[C@@H](C)CC)C(C(=O)N(CC=C)C(C)(C)CC(C)(C)C)C23CC(C)[C@@]1(C)O3. The molecule has 8 nitrogen and oxygen atoms in total. The third-order valence-corrected chi connectivity index (χ3v) is 10.2. The van der Waals surface area contributed by atoms with Gasteiger partial charge in [-0.25, -0.2) is 0 Å². The summed E-state index contributed by atoms with van der Waals surface area (Å²) in [6.45, 7) is 26.4. The molecule has 0 aromatic heterocycles. The highest BCUT2D eigenvalue weighted by atomic mass is 16.6. The zero-order chi connectivity index (χ0) is 31.8. The zero-order valence-electron chi connectivity index (χ0n) is 27.6. The lowest BCUT2D eigenvalue weighted by atomic mass is 9.62. The molecule has 0 aromatic rings. The number of aliphatic hydroxyl groups excluding tert-OH is 1. The first-order valence-electron chi connectivity index (χ1n) is 15.8. The molecule has 1 N–H and O–H groups in total. The van der Waals surface area contributed by atoms with Crippen molar-refractivity contribution in [3.05, 3.63) is 25.3 Å². The second-order valence-corrected chi connectivity index (χ2v) is 15.0. The Balaban J connectivity index is 2.18. The average Bonchev–Trinajstić information content (AvgIpc) is 3.40. The second kappa shape index (κ2) is 12.4. The van der Waals surface area contributed by atoms with Crippen molar-refractivity contribution in [2.75, 3.05) is 19.8 Å². The van der Waals surface area contributed by atoms with Gasteiger partial charge < -0.3 is 24.4 Å². The van der Waals surface area contributed by atoms with Crippen molar-refractivity contribution in [3.8, 4) is 0 Å². The lowest BCUT2D eigenvalue weighted by molar-refractivity contribution is -0.165. The van der Waals surface area contributed by atoms with Crippen molar-refractivity contribution in [3.63, 3.8) is 0 Å². The smallest absolute Gasteiger partial charge is 0.312 e. The van der Waals surface area contributed by atoms with Crippen molar-refractivity contribution >= 4 is 17.8 Å². The van der Waals surface area contributed by atoms with Gasteiger partial charge in [0.2, 0.25) is 11.8 Å². The van der Waals surface area contributed by atoms with E-state index in [-0.39, 0.29) is 42.3 Å². The fourth-order valence-electron chi connectivity index (χ4n) is 8.28. The van der Waals surface area contributed by atoms with Crippen molar-refractivity contribution in [1.29, 1.82) is 0 Å². The zero-order valence-corrected chi connectivity index (χ0v) is 27.6. The summed E-state index contributed by atoms with van der Waals surface area (Å²) in [5.41, 5.74) is -2.78. The first-order valence-corrected chi connectivity index (χ1v) is 15.8. The van der Waals surface area contributed by atoms with Gasteiger partial charge in [-0.3, -0.25) is 14.4 Å². The van der Waals surface area contributed by atoms with Gasteiger partial charge in [0.05, 0.1) is 30.8 Å². The van der Waals surface area contributed by atoms with Crippen LogP contribution < -0.4 is 0 Å². The molecule has 3 fully saturated rings. The van der Waals surface area contributed by atoms with E-state index in [1.165, 1.54) is 0 Å². The minimum Gasteiger partial charge on any atom is -0.465 e. The number of nitrogens with zero attached hydrogens (tertiary/aromatic N) is 2. The van der Waals surface area contributed by atoms with Gasteiger partial charge in [-0.05, 0) is 63.7 Å². The Kier molecular flexibility index (Phi) is 10.2. The summed E-state index contributed by atoms with van der Waals surface area (Å²) in [6.07, 6.45) is 6.76. The van der Waals surface area contributed by atoms with Gasteiger partial charge in [-0.2, -0.15) is 0 Å². The Bertz CT molecular complexity index is 1050. The van der Waals surface area contributed by atoms with Crippen LogP contribution in [0.1, 0.15) is 94.4 Å². The molecule has 0 aromatic carbocycles. The number of fused-ring (bicyclic) bond motifs is 1. The largest absolute Gasteiger partial charge is 0.465 e. The maximum Gasteiger partial charge on any atom is 0.312 e. The van der Waals surface area contributed by atoms with Crippen LogP contribution in [0, 0.1) is 29.1 Å². The molecule has 0 radical (unpaired) electrons. The quantitative estimate of drug-likeness (QED) is 0.171. The maximum absolute atomic E-state index is 15.0. The highest BCUT2D eigenvalue weighted by molar-refractivity contribution is 5.99. The molecule has 2 amide bonds. The van der Waals surface area contributed by atoms with Crippen LogP contribution in [0.25, 0.3) is 0 Å². The number of ether oxygens (including phenoxy) is 2.